The van der Waals surface area contributed by atoms with Gasteiger partial charge in [-0.3, -0.25) is 0 Å². The van der Waals surface area contributed by atoms with Gasteiger partial charge in [0.2, 0.25) is 0 Å². The molecule has 10 aromatic carbocycles. The molecule has 0 fully saturated rings. The van der Waals surface area contributed by atoms with Gasteiger partial charge in [0, 0.05) is 38.9 Å². The summed E-state index contributed by atoms with van der Waals surface area (Å²) in [4.78, 5) is 2.38. The van der Waals surface area contributed by atoms with Crippen LogP contribution in [-0.2, 0) is 0 Å². The van der Waals surface area contributed by atoms with Gasteiger partial charge in [-0.2, -0.15) is 0 Å². The van der Waals surface area contributed by atoms with Crippen LogP contribution >= 0.6 is 0 Å². The second-order valence-electron chi connectivity index (χ2n) is 14.5. The molecule has 0 bridgehead atoms. The minimum atomic E-state index is 1.10. The smallest absolute Gasteiger partial charge is 0.0625 e. The Morgan fingerprint density at radius 2 is 0.839 bits per heavy atom. The molecule has 0 spiro atoms. The third kappa shape index (κ3) is 5.19. The second-order valence-corrected chi connectivity index (χ2v) is 14.5. The first-order chi connectivity index (χ1) is 27.8. The Labute approximate surface area is 325 Å². The molecule has 0 amide bonds. The highest BCUT2D eigenvalue weighted by Crippen LogP contribution is 2.47. The average molecular weight is 713 g/mol. The number of hydrogen-bond donors (Lipinski definition) is 0. The van der Waals surface area contributed by atoms with Crippen LogP contribution in [0, 0.1) is 0 Å². The maximum absolute atomic E-state index is 2.48. The van der Waals surface area contributed by atoms with Crippen molar-refractivity contribution in [2.45, 2.75) is 0 Å². The highest BCUT2D eigenvalue weighted by atomic mass is 15.1. The van der Waals surface area contributed by atoms with E-state index in [0.717, 1.165) is 22.7 Å². The fourth-order valence-electron chi connectivity index (χ4n) is 8.80. The summed E-state index contributed by atoms with van der Waals surface area (Å²) >= 11 is 0. The van der Waals surface area contributed by atoms with Crippen molar-refractivity contribution >= 4 is 71.2 Å². The third-order valence-corrected chi connectivity index (χ3v) is 11.3. The zero-order valence-electron chi connectivity index (χ0n) is 30.7. The minimum absolute atomic E-state index is 1.10. The first-order valence-electron chi connectivity index (χ1n) is 19.3. The van der Waals surface area contributed by atoms with Crippen LogP contribution in [-0.4, -0.2) is 4.57 Å². The van der Waals surface area contributed by atoms with Crippen LogP contribution in [0.3, 0.4) is 0 Å². The van der Waals surface area contributed by atoms with E-state index < -0.39 is 0 Å². The summed E-state index contributed by atoms with van der Waals surface area (Å²) in [6.07, 6.45) is 0. The SMILES string of the molecule is c1ccc(-c2ccc(N(c3ccccc3)c3ccc4c(c3)c3c(-c5cc6ccccc6c6ccccc56)cc5ccccc5c3n4-c3ccccc3)cc2)cc1. The molecule has 0 atom stereocenters. The van der Waals surface area contributed by atoms with E-state index in [1.165, 1.54) is 76.4 Å². The van der Waals surface area contributed by atoms with Gasteiger partial charge in [0.25, 0.3) is 0 Å². The van der Waals surface area contributed by atoms with Crippen LogP contribution in [0.1, 0.15) is 0 Å². The number of benzene rings is 10. The number of nitrogens with zero attached hydrogens (tertiary/aromatic N) is 2. The average Bonchev–Trinajstić information content (AvgIpc) is 3.62. The number of hydrogen-bond acceptors (Lipinski definition) is 1. The largest absolute Gasteiger partial charge is 0.310 e. The second kappa shape index (κ2) is 13.2. The molecular formula is C54H36N2. The molecule has 0 aliphatic carbocycles. The molecule has 11 aromatic rings. The zero-order valence-corrected chi connectivity index (χ0v) is 30.7. The maximum Gasteiger partial charge on any atom is 0.0625 e. The fraction of sp³-hybridized carbons (Fsp3) is 0. The predicted octanol–water partition coefficient (Wildman–Crippen LogP) is 15.0. The molecule has 0 aliphatic heterocycles. The van der Waals surface area contributed by atoms with Crippen molar-refractivity contribution < 1.29 is 0 Å². The van der Waals surface area contributed by atoms with Crippen LogP contribution in [0.2, 0.25) is 0 Å². The van der Waals surface area contributed by atoms with Crippen LogP contribution in [0.4, 0.5) is 17.1 Å². The van der Waals surface area contributed by atoms with Gasteiger partial charge >= 0.3 is 0 Å². The zero-order chi connectivity index (χ0) is 37.0. The summed E-state index contributed by atoms with van der Waals surface area (Å²) in [6, 6.07) is 79.5. The molecule has 2 nitrogen and oxygen atoms in total. The third-order valence-electron chi connectivity index (χ3n) is 11.3. The number of anilines is 3. The molecule has 1 heterocycles. The number of para-hydroxylation sites is 2. The van der Waals surface area contributed by atoms with E-state index in [-0.39, 0.29) is 0 Å². The highest BCUT2D eigenvalue weighted by Gasteiger charge is 2.23. The van der Waals surface area contributed by atoms with Crippen LogP contribution in [0.25, 0.3) is 82.1 Å². The first-order valence-corrected chi connectivity index (χ1v) is 19.3. The minimum Gasteiger partial charge on any atom is -0.310 e. The van der Waals surface area contributed by atoms with E-state index in [2.05, 4.69) is 228 Å². The number of fused-ring (bicyclic) bond motifs is 8. The molecule has 11 rings (SSSR count). The quantitative estimate of drug-likeness (QED) is 0.156. The monoisotopic (exact) mass is 712 g/mol. The summed E-state index contributed by atoms with van der Waals surface area (Å²) < 4.78 is 2.48. The number of aromatic nitrogens is 1. The summed E-state index contributed by atoms with van der Waals surface area (Å²) in [5.74, 6) is 0. The molecule has 0 radical (unpaired) electrons. The van der Waals surface area contributed by atoms with Crippen molar-refractivity contribution in [3.8, 4) is 27.9 Å². The maximum atomic E-state index is 2.48. The van der Waals surface area contributed by atoms with E-state index in [9.17, 15) is 0 Å². The van der Waals surface area contributed by atoms with Crippen molar-refractivity contribution in [1.82, 2.24) is 4.57 Å². The van der Waals surface area contributed by atoms with Crippen LogP contribution < -0.4 is 4.90 Å². The molecule has 0 saturated heterocycles. The van der Waals surface area contributed by atoms with E-state index in [4.69, 9.17) is 0 Å². The van der Waals surface area contributed by atoms with Gasteiger partial charge in [-0.25, -0.2) is 0 Å². The fourth-order valence-corrected chi connectivity index (χ4v) is 8.80. The lowest BCUT2D eigenvalue weighted by atomic mass is 9.89. The Kier molecular flexibility index (Phi) is 7.53. The molecule has 0 aliphatic rings. The van der Waals surface area contributed by atoms with Gasteiger partial charge < -0.3 is 9.47 Å². The summed E-state index contributed by atoms with van der Waals surface area (Å²) in [5.41, 5.74) is 11.7. The lowest BCUT2D eigenvalue weighted by molar-refractivity contribution is 1.18. The van der Waals surface area contributed by atoms with E-state index >= 15 is 0 Å². The molecule has 1 aromatic heterocycles. The summed E-state index contributed by atoms with van der Waals surface area (Å²) in [5, 5.41) is 9.94. The predicted molar refractivity (Wildman–Crippen MR) is 239 cm³/mol. The molecule has 0 unspecified atom stereocenters. The van der Waals surface area contributed by atoms with Crippen molar-refractivity contribution in [2.75, 3.05) is 4.90 Å². The normalized spacial score (nSPS) is 11.6. The van der Waals surface area contributed by atoms with Gasteiger partial charge in [0.15, 0.2) is 0 Å². The Bertz CT molecular complexity index is 3220. The van der Waals surface area contributed by atoms with Crippen molar-refractivity contribution in [3.63, 3.8) is 0 Å². The standard InChI is InChI=1S/C54H36N2/c1-4-16-37(17-5-1)38-28-30-43(31-29-38)55(41-20-6-2-7-21-41)44-32-33-52-51(36-44)53-50(49-34-39-18-10-12-24-45(39)47-26-14-15-27-48(47)49)35-40-19-11-13-25-46(40)54(53)56(52)42-22-8-3-9-23-42/h1-36H. The van der Waals surface area contributed by atoms with E-state index in [0.29, 0.717) is 0 Å². The van der Waals surface area contributed by atoms with Gasteiger partial charge in [0.05, 0.1) is 11.0 Å². The lowest BCUT2D eigenvalue weighted by Gasteiger charge is -2.26. The van der Waals surface area contributed by atoms with Crippen LogP contribution in [0.5, 0.6) is 0 Å². The Morgan fingerprint density at radius 1 is 0.321 bits per heavy atom. The van der Waals surface area contributed by atoms with E-state index in [1.807, 2.05) is 0 Å². The summed E-state index contributed by atoms with van der Waals surface area (Å²) in [6.45, 7) is 0. The van der Waals surface area contributed by atoms with Gasteiger partial charge in [-0.05, 0) is 116 Å². The lowest BCUT2D eigenvalue weighted by Crippen LogP contribution is -2.09. The molecule has 262 valence electrons. The highest BCUT2D eigenvalue weighted by molar-refractivity contribution is 6.27. The summed E-state index contributed by atoms with van der Waals surface area (Å²) in [7, 11) is 0. The van der Waals surface area contributed by atoms with Crippen molar-refractivity contribution in [3.05, 3.63) is 218 Å². The van der Waals surface area contributed by atoms with E-state index in [1.54, 1.807) is 0 Å². The van der Waals surface area contributed by atoms with Crippen LogP contribution in [0.15, 0.2) is 218 Å². The Balaban J connectivity index is 1.25. The van der Waals surface area contributed by atoms with Crippen molar-refractivity contribution in [1.29, 1.82) is 0 Å². The topological polar surface area (TPSA) is 8.17 Å². The molecular weight excluding hydrogens is 677 g/mol. The van der Waals surface area contributed by atoms with Gasteiger partial charge in [-0.1, -0.05) is 152 Å². The van der Waals surface area contributed by atoms with Gasteiger partial charge in [0.1, 0.15) is 0 Å². The van der Waals surface area contributed by atoms with Crippen molar-refractivity contribution in [2.24, 2.45) is 0 Å². The van der Waals surface area contributed by atoms with Gasteiger partial charge in [-0.15, -0.1) is 0 Å². The number of rotatable bonds is 6. The Hall–Kier alpha value is -7.42. The first kappa shape index (κ1) is 32.0. The molecule has 0 saturated carbocycles. The Morgan fingerprint density at radius 3 is 1.57 bits per heavy atom. The molecule has 0 N–H and O–H groups in total. The molecule has 56 heavy (non-hydrogen) atoms. The molecule has 2 heteroatoms.